The highest BCUT2D eigenvalue weighted by molar-refractivity contribution is 5.76. The maximum absolute atomic E-state index is 12.0. The minimum atomic E-state index is 0.122. The van der Waals surface area contributed by atoms with Gasteiger partial charge in [0, 0.05) is 26.3 Å². The molecule has 1 aliphatic heterocycles. The van der Waals surface area contributed by atoms with Crippen LogP contribution in [-0.4, -0.2) is 51.2 Å². The van der Waals surface area contributed by atoms with Crippen molar-refractivity contribution in [2.24, 2.45) is 0 Å². The molecule has 0 saturated carbocycles. The highest BCUT2D eigenvalue weighted by Crippen LogP contribution is 2.22. The summed E-state index contributed by atoms with van der Waals surface area (Å²) in [4.78, 5) is 21.7. The van der Waals surface area contributed by atoms with E-state index in [1.54, 1.807) is 19.5 Å². The number of nitrogens with one attached hydrogen (secondary N) is 2. The third-order valence-electron chi connectivity index (χ3n) is 3.48. The van der Waals surface area contributed by atoms with Crippen LogP contribution in [0.5, 0.6) is 0 Å². The summed E-state index contributed by atoms with van der Waals surface area (Å²) in [7, 11) is 1.60. The van der Waals surface area contributed by atoms with Crippen LogP contribution in [0.25, 0.3) is 11.4 Å². The van der Waals surface area contributed by atoms with Crippen LogP contribution < -0.4 is 0 Å². The molecular weight excluding hydrogens is 258 g/mol. The van der Waals surface area contributed by atoms with Crippen molar-refractivity contribution in [1.82, 2.24) is 25.1 Å². The first-order valence-corrected chi connectivity index (χ1v) is 6.61. The van der Waals surface area contributed by atoms with Gasteiger partial charge in [-0.1, -0.05) is 0 Å². The van der Waals surface area contributed by atoms with Crippen molar-refractivity contribution >= 4 is 5.91 Å². The number of aromatic amines is 2. The molecule has 0 bridgehead atoms. The number of methoxy groups -OCH3 is 1. The van der Waals surface area contributed by atoms with Crippen molar-refractivity contribution in [3.05, 3.63) is 23.8 Å². The van der Waals surface area contributed by atoms with E-state index >= 15 is 0 Å². The van der Waals surface area contributed by atoms with Crippen LogP contribution in [0.3, 0.4) is 0 Å². The minimum absolute atomic E-state index is 0.122. The van der Waals surface area contributed by atoms with Gasteiger partial charge in [0.15, 0.2) is 0 Å². The second-order valence-electron chi connectivity index (χ2n) is 4.81. The van der Waals surface area contributed by atoms with Gasteiger partial charge in [-0.3, -0.25) is 9.89 Å². The number of carbonyl (C=O) groups is 1. The maximum Gasteiger partial charge on any atom is 0.225 e. The molecule has 0 atom stereocenters. The Labute approximate surface area is 116 Å². The summed E-state index contributed by atoms with van der Waals surface area (Å²) in [5.41, 5.74) is 2.98. The molecule has 0 aromatic carbocycles. The van der Waals surface area contributed by atoms with Crippen LogP contribution in [0.15, 0.2) is 12.4 Å². The summed E-state index contributed by atoms with van der Waals surface area (Å²) in [6, 6.07) is 0. The molecule has 2 N–H and O–H groups in total. The Kier molecular flexibility index (Phi) is 3.51. The van der Waals surface area contributed by atoms with Crippen LogP contribution in [0.4, 0.5) is 0 Å². The molecule has 20 heavy (non-hydrogen) atoms. The molecular formula is C13H17N5O2. The molecule has 1 aliphatic rings. The highest BCUT2D eigenvalue weighted by atomic mass is 16.5. The molecule has 7 nitrogen and oxygen atoms in total. The lowest BCUT2D eigenvalue weighted by atomic mass is 10.1. The molecule has 0 saturated heterocycles. The van der Waals surface area contributed by atoms with Crippen LogP contribution in [0.1, 0.15) is 17.8 Å². The van der Waals surface area contributed by atoms with Crippen molar-refractivity contribution in [3.8, 4) is 11.4 Å². The van der Waals surface area contributed by atoms with E-state index in [-0.39, 0.29) is 5.91 Å². The fourth-order valence-electron chi connectivity index (χ4n) is 2.37. The standard InChI is InChI=1S/C13H17N5O2/c1-20-5-3-12(19)18-4-2-10-11(8-18)17-13(16-10)9-6-14-15-7-9/h6-7H,2-5,8H2,1H3,(H,14,15)(H,16,17). The fraction of sp³-hybridized carbons (Fsp3) is 0.462. The Bertz CT molecular complexity index is 590. The largest absolute Gasteiger partial charge is 0.384 e. The number of H-pyrrole nitrogens is 2. The molecule has 0 spiro atoms. The third kappa shape index (κ3) is 2.44. The molecule has 3 rings (SSSR count). The molecule has 0 aliphatic carbocycles. The molecule has 7 heteroatoms. The Morgan fingerprint density at radius 1 is 1.55 bits per heavy atom. The summed E-state index contributed by atoms with van der Waals surface area (Å²) in [6.45, 7) is 1.76. The van der Waals surface area contributed by atoms with Crippen molar-refractivity contribution in [3.63, 3.8) is 0 Å². The van der Waals surface area contributed by atoms with E-state index in [1.165, 1.54) is 0 Å². The number of imidazole rings is 1. The van der Waals surface area contributed by atoms with Crippen LogP contribution in [-0.2, 0) is 22.5 Å². The zero-order chi connectivity index (χ0) is 13.9. The van der Waals surface area contributed by atoms with Gasteiger partial charge in [0.2, 0.25) is 5.91 Å². The van der Waals surface area contributed by atoms with Gasteiger partial charge in [0.05, 0.1) is 42.7 Å². The molecule has 2 aromatic rings. The van der Waals surface area contributed by atoms with E-state index in [2.05, 4.69) is 20.2 Å². The summed E-state index contributed by atoms with van der Waals surface area (Å²) in [5.74, 6) is 0.923. The number of nitrogens with zero attached hydrogens (tertiary/aromatic N) is 3. The van der Waals surface area contributed by atoms with Crippen LogP contribution >= 0.6 is 0 Å². The Hall–Kier alpha value is -2.15. The number of aromatic nitrogens is 4. The van der Waals surface area contributed by atoms with Gasteiger partial charge in [-0.15, -0.1) is 0 Å². The first kappa shape index (κ1) is 12.9. The molecule has 3 heterocycles. The van der Waals surface area contributed by atoms with Crippen LogP contribution in [0.2, 0.25) is 0 Å². The number of hydrogen-bond donors (Lipinski definition) is 2. The van der Waals surface area contributed by atoms with Crippen molar-refractivity contribution in [1.29, 1.82) is 0 Å². The summed E-state index contributed by atoms with van der Waals surface area (Å²) in [6.07, 6.45) is 4.73. The van der Waals surface area contributed by atoms with E-state index in [4.69, 9.17) is 4.74 Å². The topological polar surface area (TPSA) is 86.9 Å². The lowest BCUT2D eigenvalue weighted by molar-refractivity contribution is -0.133. The summed E-state index contributed by atoms with van der Waals surface area (Å²) < 4.78 is 4.95. The Balaban J connectivity index is 1.73. The van der Waals surface area contributed by atoms with Crippen molar-refractivity contribution in [2.45, 2.75) is 19.4 Å². The lowest BCUT2D eigenvalue weighted by Gasteiger charge is -2.26. The number of ether oxygens (including phenoxy) is 1. The van der Waals surface area contributed by atoms with Gasteiger partial charge in [0.25, 0.3) is 0 Å². The quantitative estimate of drug-likeness (QED) is 0.860. The minimum Gasteiger partial charge on any atom is -0.384 e. The number of hydrogen-bond acceptors (Lipinski definition) is 4. The predicted octanol–water partition coefficient (Wildman–Crippen LogP) is 0.721. The van der Waals surface area contributed by atoms with Gasteiger partial charge in [-0.25, -0.2) is 4.98 Å². The number of rotatable bonds is 4. The van der Waals surface area contributed by atoms with Gasteiger partial charge >= 0.3 is 0 Å². The average molecular weight is 275 g/mol. The van der Waals surface area contributed by atoms with Crippen molar-refractivity contribution in [2.75, 3.05) is 20.3 Å². The Morgan fingerprint density at radius 2 is 2.45 bits per heavy atom. The normalized spacial score (nSPS) is 14.3. The second kappa shape index (κ2) is 5.46. The van der Waals surface area contributed by atoms with E-state index in [0.717, 1.165) is 29.2 Å². The molecule has 2 aromatic heterocycles. The SMILES string of the molecule is COCCC(=O)N1CCc2nc(-c3cn[nH]c3)[nH]c2C1. The lowest BCUT2D eigenvalue weighted by Crippen LogP contribution is -2.36. The van der Waals surface area contributed by atoms with E-state index in [1.807, 2.05) is 4.90 Å². The van der Waals surface area contributed by atoms with Gasteiger partial charge < -0.3 is 14.6 Å². The van der Waals surface area contributed by atoms with E-state index in [9.17, 15) is 4.79 Å². The third-order valence-corrected chi connectivity index (χ3v) is 3.48. The first-order chi connectivity index (χ1) is 9.78. The molecule has 1 amide bonds. The number of amides is 1. The van der Waals surface area contributed by atoms with Gasteiger partial charge in [0.1, 0.15) is 5.82 Å². The zero-order valence-electron chi connectivity index (χ0n) is 11.3. The van der Waals surface area contributed by atoms with Crippen LogP contribution in [0, 0.1) is 0 Å². The fourth-order valence-corrected chi connectivity index (χ4v) is 2.37. The van der Waals surface area contributed by atoms with Crippen molar-refractivity contribution < 1.29 is 9.53 Å². The van der Waals surface area contributed by atoms with E-state index < -0.39 is 0 Å². The number of fused-ring (bicyclic) bond motifs is 1. The Morgan fingerprint density at radius 3 is 3.20 bits per heavy atom. The average Bonchev–Trinajstić information content (AvgIpc) is 3.11. The predicted molar refractivity (Wildman–Crippen MR) is 71.8 cm³/mol. The van der Waals surface area contributed by atoms with Gasteiger partial charge in [-0.2, -0.15) is 5.10 Å². The molecule has 0 unspecified atom stereocenters. The number of carbonyl (C=O) groups excluding carboxylic acids is 1. The molecule has 0 radical (unpaired) electrons. The smallest absolute Gasteiger partial charge is 0.225 e. The second-order valence-corrected chi connectivity index (χ2v) is 4.81. The maximum atomic E-state index is 12.0. The first-order valence-electron chi connectivity index (χ1n) is 6.61. The molecule has 106 valence electrons. The molecule has 0 fully saturated rings. The summed E-state index contributed by atoms with van der Waals surface area (Å²) >= 11 is 0. The highest BCUT2D eigenvalue weighted by Gasteiger charge is 2.23. The summed E-state index contributed by atoms with van der Waals surface area (Å²) in [5, 5.41) is 6.69. The van der Waals surface area contributed by atoms with Gasteiger partial charge in [-0.05, 0) is 0 Å². The van der Waals surface area contributed by atoms with E-state index in [0.29, 0.717) is 26.1 Å². The monoisotopic (exact) mass is 275 g/mol. The zero-order valence-corrected chi connectivity index (χ0v) is 11.3.